The molecular formula is C15H10ClN3O5. The molecule has 0 saturated carbocycles. The maximum absolute atomic E-state index is 12.2. The fourth-order valence-corrected chi connectivity index (χ4v) is 2.38. The summed E-state index contributed by atoms with van der Waals surface area (Å²) < 4.78 is 6.20. The van der Waals surface area contributed by atoms with Gasteiger partial charge in [0.2, 0.25) is 5.91 Å². The zero-order valence-electron chi connectivity index (χ0n) is 12.1. The number of rotatable bonds is 4. The molecule has 0 radical (unpaired) electrons. The number of nitrogens with zero attached hydrogens (tertiary/aromatic N) is 2. The monoisotopic (exact) mass is 347 g/mol. The molecule has 122 valence electrons. The molecule has 0 aliphatic rings. The second-order valence-corrected chi connectivity index (χ2v) is 5.30. The quantitative estimate of drug-likeness (QED) is 0.576. The molecule has 9 heteroatoms. The fourth-order valence-electron chi connectivity index (χ4n) is 2.22. The van der Waals surface area contributed by atoms with Gasteiger partial charge in [0.25, 0.3) is 5.69 Å². The minimum atomic E-state index is -0.670. The summed E-state index contributed by atoms with van der Waals surface area (Å²) in [6.07, 6.45) is 0. The molecule has 0 aliphatic carbocycles. The summed E-state index contributed by atoms with van der Waals surface area (Å²) in [6.45, 7) is -0.311. The van der Waals surface area contributed by atoms with E-state index < -0.39 is 16.6 Å². The van der Waals surface area contributed by atoms with Crippen LogP contribution >= 0.6 is 11.6 Å². The largest absolute Gasteiger partial charge is 0.420 e. The van der Waals surface area contributed by atoms with Gasteiger partial charge in [-0.3, -0.25) is 19.5 Å². The van der Waals surface area contributed by atoms with Gasteiger partial charge in [0.15, 0.2) is 5.58 Å². The fraction of sp³-hybridized carbons (Fsp3) is 0.0667. The number of nitro benzene ring substituents is 1. The molecule has 0 bridgehead atoms. The third-order valence-corrected chi connectivity index (χ3v) is 3.64. The normalized spacial score (nSPS) is 10.7. The third kappa shape index (κ3) is 2.99. The number of fused-ring (bicyclic) bond motifs is 1. The van der Waals surface area contributed by atoms with Crippen molar-refractivity contribution in [3.05, 3.63) is 68.2 Å². The Hall–Kier alpha value is -3.13. The van der Waals surface area contributed by atoms with E-state index in [0.29, 0.717) is 11.1 Å². The molecule has 0 aliphatic heterocycles. The molecule has 0 fully saturated rings. The molecule has 2 aromatic carbocycles. The summed E-state index contributed by atoms with van der Waals surface area (Å²) >= 11 is 5.93. The number of nitro groups is 1. The van der Waals surface area contributed by atoms with E-state index in [1.807, 2.05) is 0 Å². The lowest BCUT2D eigenvalue weighted by Gasteiger charge is -2.07. The standard InChI is InChI=1S/C15H10ClN3O5/c16-10-6-5-9(19(22)23)7-11(10)17-14(20)8-18-12-3-1-2-4-13(12)24-15(18)21/h1-7H,8H2,(H,17,20). The molecule has 24 heavy (non-hydrogen) atoms. The van der Waals surface area contributed by atoms with Crippen LogP contribution in [0.5, 0.6) is 0 Å². The molecule has 3 aromatic rings. The van der Waals surface area contributed by atoms with Crippen LogP contribution in [0, 0.1) is 10.1 Å². The van der Waals surface area contributed by atoms with Crippen LogP contribution in [0.15, 0.2) is 51.7 Å². The van der Waals surface area contributed by atoms with Gasteiger partial charge in [0.05, 0.1) is 21.2 Å². The van der Waals surface area contributed by atoms with E-state index in [-0.39, 0.29) is 22.9 Å². The van der Waals surface area contributed by atoms with Crippen molar-refractivity contribution in [3.63, 3.8) is 0 Å². The van der Waals surface area contributed by atoms with Crippen molar-refractivity contribution in [3.8, 4) is 0 Å². The van der Waals surface area contributed by atoms with Crippen molar-refractivity contribution in [1.82, 2.24) is 4.57 Å². The Morgan fingerprint density at radius 3 is 2.79 bits per heavy atom. The van der Waals surface area contributed by atoms with Gasteiger partial charge in [-0.05, 0) is 18.2 Å². The van der Waals surface area contributed by atoms with Gasteiger partial charge >= 0.3 is 5.76 Å². The highest BCUT2D eigenvalue weighted by Crippen LogP contribution is 2.26. The first-order chi connectivity index (χ1) is 11.5. The average Bonchev–Trinajstić information content (AvgIpc) is 2.85. The van der Waals surface area contributed by atoms with Gasteiger partial charge in [-0.2, -0.15) is 0 Å². The summed E-state index contributed by atoms with van der Waals surface area (Å²) in [5.41, 5.74) is 0.726. The van der Waals surface area contributed by atoms with Crippen LogP contribution < -0.4 is 11.1 Å². The maximum atomic E-state index is 12.2. The van der Waals surface area contributed by atoms with Gasteiger partial charge in [0, 0.05) is 12.1 Å². The zero-order valence-corrected chi connectivity index (χ0v) is 12.8. The summed E-state index contributed by atoms with van der Waals surface area (Å²) in [7, 11) is 0. The number of carbonyl (C=O) groups excluding carboxylic acids is 1. The SMILES string of the molecule is O=C(Cn1c(=O)oc2ccccc21)Nc1cc([N+](=O)[O-])ccc1Cl. The highest BCUT2D eigenvalue weighted by Gasteiger charge is 2.15. The molecule has 1 heterocycles. The maximum Gasteiger partial charge on any atom is 0.420 e. The lowest BCUT2D eigenvalue weighted by Crippen LogP contribution is -2.24. The minimum Gasteiger partial charge on any atom is -0.408 e. The highest BCUT2D eigenvalue weighted by molar-refractivity contribution is 6.33. The van der Waals surface area contributed by atoms with Crippen molar-refractivity contribution >= 4 is 40.0 Å². The molecular weight excluding hydrogens is 338 g/mol. The average molecular weight is 348 g/mol. The van der Waals surface area contributed by atoms with Crippen LogP contribution in [-0.2, 0) is 11.3 Å². The summed E-state index contributed by atoms with van der Waals surface area (Å²) in [5.74, 6) is -1.23. The predicted molar refractivity (Wildman–Crippen MR) is 87.2 cm³/mol. The predicted octanol–water partition coefficient (Wildman–Crippen LogP) is 2.79. The number of hydrogen-bond acceptors (Lipinski definition) is 5. The second kappa shape index (κ2) is 6.17. The number of nitrogens with one attached hydrogen (secondary N) is 1. The van der Waals surface area contributed by atoms with Crippen molar-refractivity contribution in [1.29, 1.82) is 0 Å². The summed E-state index contributed by atoms with van der Waals surface area (Å²) in [6, 6.07) is 10.4. The molecule has 0 saturated heterocycles. The summed E-state index contributed by atoms with van der Waals surface area (Å²) in [5, 5.41) is 13.4. The van der Waals surface area contributed by atoms with Gasteiger partial charge in [0.1, 0.15) is 6.54 Å². The first kappa shape index (κ1) is 15.8. The lowest BCUT2D eigenvalue weighted by atomic mass is 10.2. The van der Waals surface area contributed by atoms with Gasteiger partial charge in [-0.1, -0.05) is 23.7 Å². The third-order valence-electron chi connectivity index (χ3n) is 3.31. The van der Waals surface area contributed by atoms with Crippen LogP contribution in [0.2, 0.25) is 5.02 Å². The number of halogens is 1. The Morgan fingerprint density at radius 2 is 2.04 bits per heavy atom. The number of amides is 1. The molecule has 0 atom stereocenters. The van der Waals surface area contributed by atoms with Crippen LogP contribution in [0.1, 0.15) is 0 Å². The van der Waals surface area contributed by atoms with Crippen LogP contribution in [0.25, 0.3) is 11.1 Å². The summed E-state index contributed by atoms with van der Waals surface area (Å²) in [4.78, 5) is 34.2. The topological polar surface area (TPSA) is 107 Å². The van der Waals surface area contributed by atoms with Crippen molar-refractivity contribution in [2.24, 2.45) is 0 Å². The van der Waals surface area contributed by atoms with Crippen molar-refractivity contribution < 1.29 is 14.1 Å². The molecule has 0 spiro atoms. The van der Waals surface area contributed by atoms with Crippen molar-refractivity contribution in [2.75, 3.05) is 5.32 Å². The van der Waals surface area contributed by atoms with Crippen LogP contribution in [0.4, 0.5) is 11.4 Å². The number of aromatic nitrogens is 1. The Morgan fingerprint density at radius 1 is 1.29 bits per heavy atom. The van der Waals surface area contributed by atoms with Gasteiger partial charge in [-0.15, -0.1) is 0 Å². The van der Waals surface area contributed by atoms with E-state index >= 15 is 0 Å². The van der Waals surface area contributed by atoms with Gasteiger partial charge in [-0.25, -0.2) is 4.79 Å². The number of anilines is 1. The minimum absolute atomic E-state index is 0.0942. The second-order valence-electron chi connectivity index (χ2n) is 4.89. The van der Waals surface area contributed by atoms with Crippen LogP contribution in [0.3, 0.4) is 0 Å². The van der Waals surface area contributed by atoms with E-state index in [0.717, 1.165) is 10.6 Å². The Balaban J connectivity index is 1.86. The Kier molecular flexibility index (Phi) is 4.05. The first-order valence-electron chi connectivity index (χ1n) is 6.78. The molecule has 1 N–H and O–H groups in total. The van der Waals surface area contributed by atoms with E-state index in [1.165, 1.54) is 12.1 Å². The lowest BCUT2D eigenvalue weighted by molar-refractivity contribution is -0.384. The molecule has 1 aromatic heterocycles. The molecule has 0 unspecified atom stereocenters. The molecule has 3 rings (SSSR count). The van der Waals surface area contributed by atoms with Crippen LogP contribution in [-0.4, -0.2) is 15.4 Å². The first-order valence-corrected chi connectivity index (χ1v) is 7.15. The Labute approximate surface area is 139 Å². The van der Waals surface area contributed by atoms with Crippen molar-refractivity contribution in [2.45, 2.75) is 6.54 Å². The van der Waals surface area contributed by atoms with E-state index in [9.17, 15) is 19.7 Å². The number of oxazole rings is 1. The smallest absolute Gasteiger partial charge is 0.408 e. The molecule has 8 nitrogen and oxygen atoms in total. The number of hydrogen-bond donors (Lipinski definition) is 1. The van der Waals surface area contributed by atoms with Gasteiger partial charge < -0.3 is 9.73 Å². The van der Waals surface area contributed by atoms with E-state index in [1.54, 1.807) is 24.3 Å². The number of non-ortho nitro benzene ring substituents is 1. The van der Waals surface area contributed by atoms with E-state index in [2.05, 4.69) is 5.32 Å². The Bertz CT molecular complexity index is 1010. The highest BCUT2D eigenvalue weighted by atomic mass is 35.5. The number of carbonyl (C=O) groups is 1. The number of benzene rings is 2. The molecule has 1 amide bonds. The zero-order chi connectivity index (χ0) is 17.3. The van der Waals surface area contributed by atoms with E-state index in [4.69, 9.17) is 16.0 Å². The number of para-hydroxylation sites is 2.